The number of nitrogens with one attached hydrogen (secondary N) is 1. The van der Waals surface area contributed by atoms with Crippen molar-refractivity contribution in [2.75, 3.05) is 18.6 Å². The van der Waals surface area contributed by atoms with Gasteiger partial charge >= 0.3 is 0 Å². The van der Waals surface area contributed by atoms with Crippen LogP contribution in [0.15, 0.2) is 41.3 Å². The van der Waals surface area contributed by atoms with Gasteiger partial charge in [-0.05, 0) is 71.9 Å². The summed E-state index contributed by atoms with van der Waals surface area (Å²) in [6.45, 7) is 3.51. The van der Waals surface area contributed by atoms with Gasteiger partial charge in [0.25, 0.3) is 0 Å². The molecule has 0 radical (unpaired) electrons. The maximum Gasteiger partial charge on any atom is 0.224 e. The van der Waals surface area contributed by atoms with Crippen LogP contribution in [0.3, 0.4) is 0 Å². The summed E-state index contributed by atoms with van der Waals surface area (Å²) < 4.78 is 15.9. The van der Waals surface area contributed by atoms with Crippen LogP contribution >= 0.6 is 34.7 Å². The summed E-state index contributed by atoms with van der Waals surface area (Å²) in [5, 5.41) is 4.11. The van der Waals surface area contributed by atoms with Crippen molar-refractivity contribution < 1.29 is 4.57 Å². The Morgan fingerprint density at radius 1 is 1.30 bits per heavy atom. The average Bonchev–Trinajstić information content (AvgIpc) is 3.34. The van der Waals surface area contributed by atoms with E-state index in [4.69, 9.17) is 11.6 Å². The summed E-state index contributed by atoms with van der Waals surface area (Å²) in [6, 6.07) is 6.39. The first-order valence-electron chi connectivity index (χ1n) is 8.51. The highest BCUT2D eigenvalue weighted by molar-refractivity contribution is 9.10. The lowest BCUT2D eigenvalue weighted by Gasteiger charge is -2.17. The van der Waals surface area contributed by atoms with E-state index >= 15 is 0 Å². The third-order valence-corrected chi connectivity index (χ3v) is 6.71. The molecule has 0 atom stereocenters. The van der Waals surface area contributed by atoms with E-state index in [1.165, 1.54) is 12.8 Å². The van der Waals surface area contributed by atoms with Gasteiger partial charge in [-0.1, -0.05) is 0 Å². The predicted octanol–water partition coefficient (Wildman–Crippen LogP) is 5.08. The van der Waals surface area contributed by atoms with E-state index in [1.54, 1.807) is 19.5 Å². The molecule has 2 heterocycles. The molecule has 0 saturated heterocycles. The molecule has 4 rings (SSSR count). The number of nitrogens with zero attached hydrogens (tertiary/aromatic N) is 4. The molecule has 0 unspecified atom stereocenters. The molecule has 1 fully saturated rings. The standard InChI is InChI=1S/C18H18BrClN5OP/c1-27(2,26)15-9-11(17-21-7-8-25(17)12-4-5-12)3-6-14(15)23-16-13(19)10-22-18(20)24-16/h3,6-10,12H,4-5H2,1-2H3,(H,22,23,24). The van der Waals surface area contributed by atoms with Crippen molar-refractivity contribution in [3.63, 3.8) is 0 Å². The van der Waals surface area contributed by atoms with Crippen molar-refractivity contribution in [3.8, 4) is 11.4 Å². The molecule has 1 aromatic carbocycles. The van der Waals surface area contributed by atoms with Gasteiger partial charge in [-0.2, -0.15) is 4.98 Å². The summed E-state index contributed by atoms with van der Waals surface area (Å²) >= 11 is 9.32. The Hall–Kier alpha value is -1.69. The van der Waals surface area contributed by atoms with E-state index in [0.29, 0.717) is 16.3 Å². The molecule has 2 aromatic heterocycles. The molecule has 1 aliphatic carbocycles. The molecule has 9 heteroatoms. The van der Waals surface area contributed by atoms with Crippen LogP contribution < -0.4 is 10.6 Å². The van der Waals surface area contributed by atoms with Crippen molar-refractivity contribution in [1.29, 1.82) is 0 Å². The zero-order chi connectivity index (χ0) is 19.2. The zero-order valence-corrected chi connectivity index (χ0v) is 18.1. The molecule has 1 saturated carbocycles. The smallest absolute Gasteiger partial charge is 0.224 e. The Kier molecular flexibility index (Phi) is 4.87. The maximum atomic E-state index is 13.0. The Morgan fingerprint density at radius 2 is 2.07 bits per heavy atom. The highest BCUT2D eigenvalue weighted by Crippen LogP contribution is 2.42. The van der Waals surface area contributed by atoms with Gasteiger partial charge in [-0.25, -0.2) is 9.97 Å². The van der Waals surface area contributed by atoms with Crippen LogP contribution in [0, 0.1) is 0 Å². The van der Waals surface area contributed by atoms with Crippen molar-refractivity contribution in [2.45, 2.75) is 18.9 Å². The molecule has 1 aliphatic rings. The number of halogens is 2. The minimum atomic E-state index is -2.56. The van der Waals surface area contributed by atoms with Gasteiger partial charge in [0.1, 0.15) is 18.8 Å². The van der Waals surface area contributed by atoms with Gasteiger partial charge in [-0.15, -0.1) is 0 Å². The van der Waals surface area contributed by atoms with Crippen LogP contribution in [0.2, 0.25) is 5.28 Å². The molecule has 6 nitrogen and oxygen atoms in total. The molecular formula is C18H18BrClN5OP. The van der Waals surface area contributed by atoms with E-state index in [9.17, 15) is 4.57 Å². The Balaban J connectivity index is 1.77. The fraction of sp³-hybridized carbons (Fsp3) is 0.278. The molecule has 140 valence electrons. The van der Waals surface area contributed by atoms with Crippen LogP contribution in [0.4, 0.5) is 11.5 Å². The molecule has 0 bridgehead atoms. The van der Waals surface area contributed by atoms with Crippen LogP contribution in [0.5, 0.6) is 0 Å². The number of hydrogen-bond acceptors (Lipinski definition) is 5. The number of hydrogen-bond donors (Lipinski definition) is 1. The first kappa shape index (κ1) is 18.7. The monoisotopic (exact) mass is 465 g/mol. The Labute approximate surface area is 170 Å². The molecule has 0 aliphatic heterocycles. The SMILES string of the molecule is CP(C)(=O)c1cc(-c2nccn2C2CC2)ccc1Nc1nc(Cl)ncc1Br. The van der Waals surface area contributed by atoms with Gasteiger partial charge in [0.05, 0.1) is 10.2 Å². The van der Waals surface area contributed by atoms with Gasteiger partial charge in [0.2, 0.25) is 5.28 Å². The summed E-state index contributed by atoms with van der Waals surface area (Å²) in [5.74, 6) is 1.43. The average molecular weight is 467 g/mol. The van der Waals surface area contributed by atoms with Gasteiger partial charge < -0.3 is 14.4 Å². The highest BCUT2D eigenvalue weighted by Gasteiger charge is 2.27. The van der Waals surface area contributed by atoms with Gasteiger partial charge in [0.15, 0.2) is 0 Å². The fourth-order valence-corrected chi connectivity index (χ4v) is 4.55. The highest BCUT2D eigenvalue weighted by atomic mass is 79.9. The van der Waals surface area contributed by atoms with Crippen LogP contribution in [0.1, 0.15) is 18.9 Å². The van der Waals surface area contributed by atoms with E-state index in [0.717, 1.165) is 22.4 Å². The summed E-state index contributed by atoms with van der Waals surface area (Å²) in [7, 11) is -2.56. The predicted molar refractivity (Wildman–Crippen MR) is 113 cm³/mol. The van der Waals surface area contributed by atoms with Crippen molar-refractivity contribution in [1.82, 2.24) is 19.5 Å². The number of benzene rings is 1. The molecule has 27 heavy (non-hydrogen) atoms. The summed E-state index contributed by atoms with van der Waals surface area (Å²) in [5.41, 5.74) is 1.68. The molecule has 3 aromatic rings. The number of anilines is 2. The first-order chi connectivity index (χ1) is 12.8. The topological polar surface area (TPSA) is 72.7 Å². The number of rotatable bonds is 5. The number of imidazole rings is 1. The number of aromatic nitrogens is 4. The van der Waals surface area contributed by atoms with Crippen molar-refractivity contribution in [2.24, 2.45) is 0 Å². The molecule has 0 amide bonds. The lowest BCUT2D eigenvalue weighted by Crippen LogP contribution is -2.12. The quantitative estimate of drug-likeness (QED) is 0.419. The molecular weight excluding hydrogens is 449 g/mol. The van der Waals surface area contributed by atoms with E-state index < -0.39 is 7.14 Å². The van der Waals surface area contributed by atoms with E-state index in [2.05, 4.69) is 40.8 Å². The lowest BCUT2D eigenvalue weighted by atomic mass is 10.2. The lowest BCUT2D eigenvalue weighted by molar-refractivity contribution is 0.588. The molecule has 0 spiro atoms. The van der Waals surface area contributed by atoms with Crippen molar-refractivity contribution >= 4 is 51.5 Å². The Bertz CT molecular complexity index is 1060. The second-order valence-electron chi connectivity index (χ2n) is 6.93. The van der Waals surface area contributed by atoms with Crippen LogP contribution in [-0.2, 0) is 4.57 Å². The van der Waals surface area contributed by atoms with E-state index in [1.807, 2.05) is 30.6 Å². The van der Waals surface area contributed by atoms with Crippen LogP contribution in [-0.4, -0.2) is 32.8 Å². The minimum Gasteiger partial charge on any atom is -0.339 e. The van der Waals surface area contributed by atoms with E-state index in [-0.39, 0.29) is 5.28 Å². The zero-order valence-electron chi connectivity index (χ0n) is 14.9. The van der Waals surface area contributed by atoms with Gasteiger partial charge in [0, 0.05) is 35.5 Å². The summed E-state index contributed by atoms with van der Waals surface area (Å²) in [4.78, 5) is 12.7. The normalized spacial score (nSPS) is 14.4. The Morgan fingerprint density at radius 3 is 2.78 bits per heavy atom. The van der Waals surface area contributed by atoms with Gasteiger partial charge in [-0.3, -0.25) is 0 Å². The van der Waals surface area contributed by atoms with Crippen LogP contribution in [0.25, 0.3) is 11.4 Å². The fourth-order valence-electron chi connectivity index (χ4n) is 2.97. The largest absolute Gasteiger partial charge is 0.339 e. The minimum absolute atomic E-state index is 0.140. The second-order valence-corrected chi connectivity index (χ2v) is 11.3. The third kappa shape index (κ3) is 3.96. The molecule has 1 N–H and O–H groups in total. The van der Waals surface area contributed by atoms with Crippen molar-refractivity contribution in [3.05, 3.63) is 46.5 Å². The maximum absolute atomic E-state index is 13.0. The second kappa shape index (κ2) is 7.04. The third-order valence-electron chi connectivity index (χ3n) is 4.41. The summed E-state index contributed by atoms with van der Waals surface area (Å²) in [6.07, 6.45) is 7.76. The first-order valence-corrected chi connectivity index (χ1v) is 12.3.